The van der Waals surface area contributed by atoms with E-state index in [2.05, 4.69) is 16.0 Å². The topological polar surface area (TPSA) is 215 Å². The molecule has 0 aliphatic rings. The Morgan fingerprint density at radius 3 is 1.68 bits per heavy atom. The van der Waals surface area contributed by atoms with Gasteiger partial charge >= 0.3 is 0 Å². The summed E-state index contributed by atoms with van der Waals surface area (Å²) in [5, 5.41) is 50.1. The first kappa shape index (κ1) is 38.7. The molecule has 240 valence electrons. The number of hydrogen-bond acceptors (Lipinski definition) is 9. The van der Waals surface area contributed by atoms with E-state index in [4.69, 9.17) is 5.73 Å². The Balaban J connectivity index is 6.17. The maximum Gasteiger partial charge on any atom is 0.245 e. The van der Waals surface area contributed by atoms with Crippen LogP contribution in [0.3, 0.4) is 0 Å². The number of nitrogens with one attached hydrogen (secondary N) is 3. The molecule has 8 atom stereocenters. The maximum atomic E-state index is 13.5. The van der Waals surface area contributed by atoms with Gasteiger partial charge in [-0.2, -0.15) is 0 Å². The zero-order valence-corrected chi connectivity index (χ0v) is 26.4. The van der Waals surface area contributed by atoms with Crippen LogP contribution < -0.4 is 21.7 Å². The molecule has 4 amide bonds. The first-order valence-electron chi connectivity index (χ1n) is 14.4. The van der Waals surface area contributed by atoms with Crippen LogP contribution in [0.1, 0.15) is 81.6 Å². The van der Waals surface area contributed by atoms with Gasteiger partial charge < -0.3 is 47.0 Å². The summed E-state index contributed by atoms with van der Waals surface area (Å²) in [5.41, 5.74) is 3.34. The third-order valence-electron chi connectivity index (χ3n) is 7.92. The van der Waals surface area contributed by atoms with Crippen molar-refractivity contribution in [2.45, 2.75) is 123 Å². The SMILES string of the molecule is CC[C@@H](C)[C@H](C(=O)N[C@H](C(=O)N[C@H](C(=O)N[C@@H](CC(C)C)C(O)(O)[C@](C)(O)CN)[C@@H](C)O)[C@@H](C)CC)N(C)C(C)=O. The number of amides is 4. The predicted molar refractivity (Wildman–Crippen MR) is 155 cm³/mol. The summed E-state index contributed by atoms with van der Waals surface area (Å²) in [4.78, 5) is 53.5. The van der Waals surface area contributed by atoms with Gasteiger partial charge in [-0.3, -0.25) is 19.2 Å². The number of aliphatic hydroxyl groups is 4. The molecule has 0 aromatic rings. The van der Waals surface area contributed by atoms with Gasteiger partial charge in [-0.05, 0) is 38.0 Å². The Labute approximate surface area is 244 Å². The van der Waals surface area contributed by atoms with E-state index in [-0.39, 0.29) is 30.1 Å². The van der Waals surface area contributed by atoms with E-state index in [1.54, 1.807) is 20.8 Å². The molecule has 0 heterocycles. The highest BCUT2D eigenvalue weighted by Crippen LogP contribution is 2.26. The molecule has 0 bridgehead atoms. The number of hydrogen-bond donors (Lipinski definition) is 8. The van der Waals surface area contributed by atoms with E-state index in [1.807, 2.05) is 20.8 Å². The lowest BCUT2D eigenvalue weighted by Crippen LogP contribution is -2.69. The third kappa shape index (κ3) is 10.5. The fraction of sp³-hybridized carbons (Fsp3) is 0.857. The zero-order valence-electron chi connectivity index (χ0n) is 26.4. The molecule has 0 fully saturated rings. The fourth-order valence-electron chi connectivity index (χ4n) is 4.41. The van der Waals surface area contributed by atoms with Crippen LogP contribution >= 0.6 is 0 Å². The minimum atomic E-state index is -2.84. The van der Waals surface area contributed by atoms with Crippen molar-refractivity contribution in [2.75, 3.05) is 13.6 Å². The average molecular weight is 590 g/mol. The lowest BCUT2D eigenvalue weighted by molar-refractivity contribution is -0.281. The van der Waals surface area contributed by atoms with Crippen LogP contribution in [0.5, 0.6) is 0 Å². The molecule has 0 saturated heterocycles. The average Bonchev–Trinajstić information content (AvgIpc) is 2.88. The van der Waals surface area contributed by atoms with Crippen LogP contribution in [-0.4, -0.2) is 104 Å². The van der Waals surface area contributed by atoms with Crippen LogP contribution in [0, 0.1) is 17.8 Å². The van der Waals surface area contributed by atoms with Gasteiger partial charge in [-0.15, -0.1) is 0 Å². The third-order valence-corrected chi connectivity index (χ3v) is 7.92. The quantitative estimate of drug-likeness (QED) is 0.0995. The number of likely N-dealkylation sites (N-methyl/N-ethyl adjacent to an activating group) is 1. The monoisotopic (exact) mass is 589 g/mol. The van der Waals surface area contributed by atoms with Gasteiger partial charge in [0.15, 0.2) is 0 Å². The molecule has 0 radical (unpaired) electrons. The Morgan fingerprint density at radius 1 is 0.829 bits per heavy atom. The molecule has 0 aromatic heterocycles. The van der Waals surface area contributed by atoms with Gasteiger partial charge in [0.05, 0.1) is 12.1 Å². The molecular weight excluding hydrogens is 534 g/mol. The van der Waals surface area contributed by atoms with Crippen molar-refractivity contribution in [3.63, 3.8) is 0 Å². The summed E-state index contributed by atoms with van der Waals surface area (Å²) >= 11 is 0. The van der Waals surface area contributed by atoms with E-state index in [0.29, 0.717) is 12.8 Å². The first-order chi connectivity index (χ1) is 18.7. The molecule has 41 heavy (non-hydrogen) atoms. The molecule has 0 spiro atoms. The lowest BCUT2D eigenvalue weighted by Gasteiger charge is -2.42. The molecule has 0 aliphatic heterocycles. The summed E-state index contributed by atoms with van der Waals surface area (Å²) in [7, 11) is 1.52. The Bertz CT molecular complexity index is 880. The van der Waals surface area contributed by atoms with Crippen LogP contribution in [0.15, 0.2) is 0 Å². The number of nitrogens with zero attached hydrogens (tertiary/aromatic N) is 1. The van der Waals surface area contributed by atoms with Crippen molar-refractivity contribution in [3.05, 3.63) is 0 Å². The Morgan fingerprint density at radius 2 is 1.29 bits per heavy atom. The minimum absolute atomic E-state index is 0.0294. The Hall–Kier alpha value is -2.32. The summed E-state index contributed by atoms with van der Waals surface area (Å²) in [6, 6.07) is -4.88. The number of nitrogens with two attached hydrogens (primary N) is 1. The molecule has 0 unspecified atom stereocenters. The van der Waals surface area contributed by atoms with E-state index in [1.165, 1.54) is 25.8 Å². The first-order valence-corrected chi connectivity index (χ1v) is 14.4. The Kier molecular flexibility index (Phi) is 15.4. The molecule has 0 rings (SSSR count). The second-order valence-corrected chi connectivity index (χ2v) is 12.0. The van der Waals surface area contributed by atoms with E-state index in [0.717, 1.165) is 6.92 Å². The van der Waals surface area contributed by atoms with Gasteiger partial charge in [-0.1, -0.05) is 54.4 Å². The van der Waals surface area contributed by atoms with Gasteiger partial charge in [0, 0.05) is 20.5 Å². The standard InChI is InChI=1S/C28H55N5O8/c1-11-16(5)21(31-26(38)23(17(6)12-2)33(10)19(8)35)24(36)32-22(18(7)34)25(37)30-20(13-15(3)4)28(40,41)27(9,39)14-29/h15-18,20-23,34,39-41H,11-14,29H2,1-10H3,(H,30,37)(H,31,38)(H,32,36)/t16-,17+,18+,20-,21-,22-,23+,27+/m0/s1. The number of aliphatic hydroxyl groups excluding tert-OH is 1. The van der Waals surface area contributed by atoms with Crippen molar-refractivity contribution < 1.29 is 39.6 Å². The van der Waals surface area contributed by atoms with Gasteiger partial charge in [-0.25, -0.2) is 0 Å². The van der Waals surface area contributed by atoms with Crippen LogP contribution in [-0.2, 0) is 19.2 Å². The van der Waals surface area contributed by atoms with E-state index < -0.39 is 65.9 Å². The predicted octanol–water partition coefficient (Wildman–Crippen LogP) is -0.803. The lowest BCUT2D eigenvalue weighted by atomic mass is 9.84. The highest BCUT2D eigenvalue weighted by atomic mass is 16.5. The van der Waals surface area contributed by atoms with Crippen LogP contribution in [0.4, 0.5) is 0 Å². The molecule has 0 saturated carbocycles. The summed E-state index contributed by atoms with van der Waals surface area (Å²) < 4.78 is 0. The molecule has 0 aliphatic carbocycles. The summed E-state index contributed by atoms with van der Waals surface area (Å²) in [6.07, 6.45) is -0.290. The van der Waals surface area contributed by atoms with E-state index in [9.17, 15) is 39.6 Å². The van der Waals surface area contributed by atoms with E-state index >= 15 is 0 Å². The highest BCUT2D eigenvalue weighted by Gasteiger charge is 2.51. The van der Waals surface area contributed by atoms with Crippen molar-refractivity contribution in [1.82, 2.24) is 20.9 Å². The van der Waals surface area contributed by atoms with Crippen molar-refractivity contribution >= 4 is 23.6 Å². The largest absolute Gasteiger partial charge is 0.391 e. The summed E-state index contributed by atoms with van der Waals surface area (Å²) in [6.45, 7) is 14.1. The van der Waals surface area contributed by atoms with Crippen LogP contribution in [0.25, 0.3) is 0 Å². The number of rotatable bonds is 17. The number of carbonyl (C=O) groups excluding carboxylic acids is 4. The van der Waals surface area contributed by atoms with Gasteiger partial charge in [0.2, 0.25) is 29.4 Å². The van der Waals surface area contributed by atoms with Crippen molar-refractivity contribution in [1.29, 1.82) is 0 Å². The zero-order chi connectivity index (χ0) is 32.5. The molecule has 0 aromatic carbocycles. The molecular formula is C28H55N5O8. The molecule has 9 N–H and O–H groups in total. The number of carbonyl (C=O) groups is 4. The fourth-order valence-corrected chi connectivity index (χ4v) is 4.41. The van der Waals surface area contributed by atoms with Gasteiger partial charge in [0.1, 0.15) is 23.7 Å². The minimum Gasteiger partial charge on any atom is -0.391 e. The van der Waals surface area contributed by atoms with Crippen LogP contribution in [0.2, 0.25) is 0 Å². The van der Waals surface area contributed by atoms with Gasteiger partial charge in [0.25, 0.3) is 0 Å². The van der Waals surface area contributed by atoms with Crippen molar-refractivity contribution in [2.24, 2.45) is 23.5 Å². The smallest absolute Gasteiger partial charge is 0.245 e. The molecule has 13 nitrogen and oxygen atoms in total. The van der Waals surface area contributed by atoms with Crippen molar-refractivity contribution in [3.8, 4) is 0 Å². The molecule has 13 heteroatoms. The highest BCUT2D eigenvalue weighted by molar-refractivity contribution is 5.94. The normalized spacial score (nSPS) is 18.6. The summed E-state index contributed by atoms with van der Waals surface area (Å²) in [5.74, 6) is -6.08. The second-order valence-electron chi connectivity index (χ2n) is 12.0. The second kappa shape index (κ2) is 16.4. The maximum absolute atomic E-state index is 13.5.